The maximum atomic E-state index is 12.9. The predicted octanol–water partition coefficient (Wildman–Crippen LogP) is 4.02. The number of hydrogen-bond acceptors (Lipinski definition) is 5. The molecule has 3 aromatic rings. The van der Waals surface area contributed by atoms with Crippen LogP contribution in [0.3, 0.4) is 0 Å². The van der Waals surface area contributed by atoms with E-state index in [2.05, 4.69) is 4.98 Å². The smallest absolute Gasteiger partial charge is 0.416 e. The fourth-order valence-corrected chi connectivity index (χ4v) is 3.93. The lowest BCUT2D eigenvalue weighted by molar-refractivity contribution is -0.137. The largest absolute Gasteiger partial charge is 0.462 e. The van der Waals surface area contributed by atoms with Crippen molar-refractivity contribution < 1.29 is 27.2 Å². The van der Waals surface area contributed by atoms with Gasteiger partial charge in [0.1, 0.15) is 5.69 Å². The van der Waals surface area contributed by atoms with Gasteiger partial charge in [0.05, 0.1) is 11.8 Å². The molecule has 0 unspecified atom stereocenters. The maximum absolute atomic E-state index is 12.9. The van der Waals surface area contributed by atoms with Gasteiger partial charge >= 0.3 is 6.18 Å². The van der Waals surface area contributed by atoms with Gasteiger partial charge in [-0.2, -0.15) is 13.2 Å². The second-order valence-corrected chi connectivity index (χ2v) is 7.54. The number of hydrogen-bond donors (Lipinski definition) is 0. The summed E-state index contributed by atoms with van der Waals surface area (Å²) in [5, 5.41) is 2.25. The fourth-order valence-electron chi connectivity index (χ4n) is 3.17. The van der Waals surface area contributed by atoms with Crippen LogP contribution in [0.15, 0.2) is 52.5 Å². The normalized spacial score (nSPS) is 14.8. The number of carbonyl (C=O) groups excluding carboxylic acids is 2. The van der Waals surface area contributed by atoms with Crippen LogP contribution in [-0.4, -0.2) is 52.8 Å². The van der Waals surface area contributed by atoms with Crippen LogP contribution in [-0.2, 0) is 6.18 Å². The molecule has 0 bridgehead atoms. The topological polar surface area (TPSA) is 66.7 Å². The molecule has 1 aromatic carbocycles. The highest BCUT2D eigenvalue weighted by atomic mass is 32.1. The first-order chi connectivity index (χ1) is 14.3. The molecule has 10 heteroatoms. The van der Waals surface area contributed by atoms with Crippen molar-refractivity contribution in [1.82, 2.24) is 14.8 Å². The number of nitrogens with zero attached hydrogens (tertiary/aromatic N) is 3. The first kappa shape index (κ1) is 20.1. The SMILES string of the molecule is O=C(c1cccc(C(F)(F)F)c1)N1CCN(C(=O)c2csc(-c3ccco3)n2)CC1. The zero-order valence-electron chi connectivity index (χ0n) is 15.6. The van der Waals surface area contributed by atoms with Crippen molar-refractivity contribution >= 4 is 23.2 Å². The highest BCUT2D eigenvalue weighted by molar-refractivity contribution is 7.13. The Balaban J connectivity index is 1.39. The minimum Gasteiger partial charge on any atom is -0.462 e. The highest BCUT2D eigenvalue weighted by Gasteiger charge is 2.32. The molecule has 30 heavy (non-hydrogen) atoms. The van der Waals surface area contributed by atoms with Gasteiger partial charge in [0.2, 0.25) is 0 Å². The molecular weight excluding hydrogens is 419 g/mol. The van der Waals surface area contributed by atoms with Crippen LogP contribution < -0.4 is 0 Å². The maximum Gasteiger partial charge on any atom is 0.416 e. The first-order valence-corrected chi connectivity index (χ1v) is 9.96. The first-order valence-electron chi connectivity index (χ1n) is 9.08. The molecule has 1 saturated heterocycles. The summed E-state index contributed by atoms with van der Waals surface area (Å²) in [6.45, 7) is 1.01. The standard InChI is InChI=1S/C20H16F3N3O3S/c21-20(22,23)14-4-1-3-13(11-14)18(27)25-6-8-26(9-7-25)19(28)15-12-30-17(24-15)16-5-2-10-29-16/h1-5,10-12H,6-9H2. The molecule has 0 atom stereocenters. The van der Waals surface area contributed by atoms with E-state index in [-0.39, 0.29) is 37.6 Å². The second-order valence-electron chi connectivity index (χ2n) is 6.68. The molecule has 0 radical (unpaired) electrons. The molecular formula is C20H16F3N3O3S. The molecule has 2 amide bonds. The van der Waals surface area contributed by atoms with Gasteiger partial charge in [0, 0.05) is 37.1 Å². The minimum absolute atomic E-state index is 0.0211. The van der Waals surface area contributed by atoms with Crippen LogP contribution in [0.2, 0.25) is 0 Å². The van der Waals surface area contributed by atoms with Gasteiger partial charge in [-0.1, -0.05) is 6.07 Å². The summed E-state index contributed by atoms with van der Waals surface area (Å²) in [7, 11) is 0. The zero-order valence-corrected chi connectivity index (χ0v) is 16.4. The number of piperazine rings is 1. The van der Waals surface area contributed by atoms with E-state index in [0.29, 0.717) is 16.5 Å². The summed E-state index contributed by atoms with van der Waals surface area (Å²) in [6.07, 6.45) is -2.98. The Morgan fingerprint density at radius 3 is 2.33 bits per heavy atom. The Morgan fingerprint density at radius 1 is 1.00 bits per heavy atom. The Labute approximate surface area is 173 Å². The number of furan rings is 1. The van der Waals surface area contributed by atoms with Crippen LogP contribution in [0, 0.1) is 0 Å². The third-order valence-electron chi connectivity index (χ3n) is 4.75. The Hall–Kier alpha value is -3.14. The number of aromatic nitrogens is 1. The van der Waals surface area contributed by atoms with E-state index in [9.17, 15) is 22.8 Å². The average molecular weight is 435 g/mol. The monoisotopic (exact) mass is 435 g/mol. The van der Waals surface area contributed by atoms with Crippen LogP contribution in [0.4, 0.5) is 13.2 Å². The van der Waals surface area contributed by atoms with Crippen LogP contribution in [0.25, 0.3) is 10.8 Å². The molecule has 1 aliphatic rings. The number of amides is 2. The molecule has 0 N–H and O–H groups in total. The van der Waals surface area contributed by atoms with Crippen molar-refractivity contribution in [3.63, 3.8) is 0 Å². The molecule has 0 saturated carbocycles. The van der Waals surface area contributed by atoms with E-state index in [4.69, 9.17) is 4.42 Å². The minimum atomic E-state index is -4.51. The van der Waals surface area contributed by atoms with Gasteiger partial charge < -0.3 is 14.2 Å². The lowest BCUT2D eigenvalue weighted by Crippen LogP contribution is -2.50. The molecule has 2 aromatic heterocycles. The van der Waals surface area contributed by atoms with Gasteiger partial charge in [-0.15, -0.1) is 11.3 Å². The Kier molecular flexibility index (Phi) is 5.33. The van der Waals surface area contributed by atoms with Crippen LogP contribution in [0.5, 0.6) is 0 Å². The summed E-state index contributed by atoms with van der Waals surface area (Å²) in [6, 6.07) is 7.85. The van der Waals surface area contributed by atoms with Crippen molar-refractivity contribution in [3.05, 3.63) is 64.9 Å². The van der Waals surface area contributed by atoms with E-state index in [1.54, 1.807) is 22.4 Å². The molecule has 1 aliphatic heterocycles. The fraction of sp³-hybridized carbons (Fsp3) is 0.250. The van der Waals surface area contributed by atoms with E-state index < -0.39 is 17.6 Å². The van der Waals surface area contributed by atoms with E-state index in [1.807, 2.05) is 0 Å². The van der Waals surface area contributed by atoms with E-state index >= 15 is 0 Å². The van der Waals surface area contributed by atoms with Crippen LogP contribution in [0.1, 0.15) is 26.4 Å². The summed E-state index contributed by atoms with van der Waals surface area (Å²) >= 11 is 1.30. The van der Waals surface area contributed by atoms with Crippen molar-refractivity contribution in [2.24, 2.45) is 0 Å². The third-order valence-corrected chi connectivity index (χ3v) is 5.60. The predicted molar refractivity (Wildman–Crippen MR) is 103 cm³/mol. The Bertz CT molecular complexity index is 1050. The molecule has 4 rings (SSSR count). The zero-order chi connectivity index (χ0) is 21.3. The average Bonchev–Trinajstić information content (AvgIpc) is 3.44. The van der Waals surface area contributed by atoms with E-state index in [1.165, 1.54) is 34.6 Å². The van der Waals surface area contributed by atoms with Crippen molar-refractivity contribution in [2.45, 2.75) is 6.18 Å². The number of halogens is 3. The lowest BCUT2D eigenvalue weighted by Gasteiger charge is -2.34. The second kappa shape index (κ2) is 7.94. The lowest BCUT2D eigenvalue weighted by atomic mass is 10.1. The van der Waals surface area contributed by atoms with Gasteiger partial charge in [-0.25, -0.2) is 4.98 Å². The Morgan fingerprint density at radius 2 is 1.70 bits per heavy atom. The third kappa shape index (κ3) is 4.09. The highest BCUT2D eigenvalue weighted by Crippen LogP contribution is 2.30. The number of alkyl halides is 3. The molecule has 156 valence electrons. The quantitative estimate of drug-likeness (QED) is 0.623. The molecule has 6 nitrogen and oxygen atoms in total. The summed E-state index contributed by atoms with van der Waals surface area (Å²) in [5.74, 6) is -0.160. The van der Waals surface area contributed by atoms with Crippen molar-refractivity contribution in [2.75, 3.05) is 26.2 Å². The van der Waals surface area contributed by atoms with Crippen molar-refractivity contribution in [3.8, 4) is 10.8 Å². The molecule has 1 fully saturated rings. The summed E-state index contributed by atoms with van der Waals surface area (Å²) in [4.78, 5) is 32.6. The number of benzene rings is 1. The molecule has 0 spiro atoms. The van der Waals surface area contributed by atoms with Gasteiger partial charge in [0.15, 0.2) is 10.8 Å². The molecule has 3 heterocycles. The van der Waals surface area contributed by atoms with Crippen molar-refractivity contribution in [1.29, 1.82) is 0 Å². The van der Waals surface area contributed by atoms with Crippen LogP contribution >= 0.6 is 11.3 Å². The summed E-state index contributed by atoms with van der Waals surface area (Å²) in [5.41, 5.74) is -0.589. The van der Waals surface area contributed by atoms with E-state index in [0.717, 1.165) is 12.1 Å². The molecule has 0 aliphatic carbocycles. The number of thiazole rings is 1. The summed E-state index contributed by atoms with van der Waals surface area (Å²) < 4.78 is 43.9. The number of carbonyl (C=O) groups is 2. The number of rotatable bonds is 3. The van der Waals surface area contributed by atoms with Gasteiger partial charge in [0.25, 0.3) is 11.8 Å². The van der Waals surface area contributed by atoms with Gasteiger partial charge in [-0.05, 0) is 30.3 Å². The van der Waals surface area contributed by atoms with Gasteiger partial charge in [-0.3, -0.25) is 9.59 Å².